The van der Waals surface area contributed by atoms with Crippen LogP contribution in [0.1, 0.15) is 30.3 Å². The maximum atomic E-state index is 12.7. The number of likely N-dealkylation sites (tertiary alicyclic amines) is 1. The van der Waals surface area contributed by atoms with E-state index in [0.29, 0.717) is 18.5 Å². The van der Waals surface area contributed by atoms with Gasteiger partial charge in [0, 0.05) is 30.9 Å². The van der Waals surface area contributed by atoms with E-state index in [-0.39, 0.29) is 29.9 Å². The minimum Gasteiger partial charge on any atom is -0.481 e. The lowest BCUT2D eigenvalue weighted by molar-refractivity contribution is -0.384. The van der Waals surface area contributed by atoms with Crippen molar-refractivity contribution in [1.29, 1.82) is 0 Å². The number of carboxylic acid groups (broad SMARTS) is 1. The summed E-state index contributed by atoms with van der Waals surface area (Å²) in [5.74, 6) is -1.82. The number of carbonyl (C=O) groups is 2. The van der Waals surface area contributed by atoms with Crippen molar-refractivity contribution >= 4 is 17.6 Å². The van der Waals surface area contributed by atoms with Crippen molar-refractivity contribution in [2.24, 2.45) is 5.92 Å². The maximum Gasteiger partial charge on any atom is 0.308 e. The topological polar surface area (TPSA) is 119 Å². The minimum atomic E-state index is -0.906. The molecule has 136 valence electrons. The zero-order valence-electron chi connectivity index (χ0n) is 14.1. The van der Waals surface area contributed by atoms with Gasteiger partial charge in [0.1, 0.15) is 0 Å². The Kier molecular flexibility index (Phi) is 4.70. The molecule has 1 saturated heterocycles. The maximum absolute atomic E-state index is 12.7. The number of carbonyl (C=O) groups excluding carboxylic acids is 1. The van der Waals surface area contributed by atoms with E-state index in [9.17, 15) is 24.8 Å². The van der Waals surface area contributed by atoms with Gasteiger partial charge in [0.05, 0.1) is 16.5 Å². The molecule has 2 heterocycles. The predicted molar refractivity (Wildman–Crippen MR) is 91.1 cm³/mol. The quantitative estimate of drug-likeness (QED) is 0.660. The number of rotatable bonds is 4. The molecule has 9 nitrogen and oxygen atoms in total. The lowest BCUT2D eigenvalue weighted by atomic mass is 9.93. The fourth-order valence-electron chi connectivity index (χ4n) is 3.07. The summed E-state index contributed by atoms with van der Waals surface area (Å²) in [6.45, 7) is 2.03. The van der Waals surface area contributed by atoms with Crippen molar-refractivity contribution in [3.63, 3.8) is 0 Å². The molecule has 0 aliphatic carbocycles. The fourth-order valence-corrected chi connectivity index (χ4v) is 3.07. The summed E-state index contributed by atoms with van der Waals surface area (Å²) in [5.41, 5.74) is 0.572. The number of aromatic nitrogens is 2. The Morgan fingerprint density at radius 1 is 1.31 bits per heavy atom. The molecule has 3 rings (SSSR count). The number of nitrogens with zero attached hydrogens (tertiary/aromatic N) is 4. The third-order valence-electron chi connectivity index (χ3n) is 4.61. The number of carboxylic acids is 1. The van der Waals surface area contributed by atoms with E-state index in [1.54, 1.807) is 18.3 Å². The number of benzene rings is 1. The van der Waals surface area contributed by atoms with Crippen molar-refractivity contribution in [3.05, 3.63) is 52.3 Å². The average molecular weight is 358 g/mol. The third-order valence-corrected chi connectivity index (χ3v) is 4.61. The number of aliphatic carboxylic acids is 1. The van der Waals surface area contributed by atoms with Crippen molar-refractivity contribution in [1.82, 2.24) is 14.7 Å². The normalized spacial score (nSPS) is 20.0. The Morgan fingerprint density at radius 3 is 2.77 bits per heavy atom. The highest BCUT2D eigenvalue weighted by Crippen LogP contribution is 2.24. The van der Waals surface area contributed by atoms with Crippen LogP contribution in [0.2, 0.25) is 0 Å². The molecule has 26 heavy (non-hydrogen) atoms. The first kappa shape index (κ1) is 17.6. The highest BCUT2D eigenvalue weighted by molar-refractivity contribution is 5.93. The minimum absolute atomic E-state index is 0.0685. The Labute approximate surface area is 149 Å². The van der Waals surface area contributed by atoms with Gasteiger partial charge in [-0.25, -0.2) is 4.68 Å². The number of hydrogen-bond acceptors (Lipinski definition) is 5. The molecule has 1 aromatic carbocycles. The van der Waals surface area contributed by atoms with Crippen LogP contribution in [0.4, 0.5) is 5.69 Å². The van der Waals surface area contributed by atoms with Gasteiger partial charge in [-0.05, 0) is 31.9 Å². The Bertz CT molecular complexity index is 862. The summed E-state index contributed by atoms with van der Waals surface area (Å²) in [4.78, 5) is 35.9. The zero-order chi connectivity index (χ0) is 18.8. The van der Waals surface area contributed by atoms with Crippen LogP contribution in [0.15, 0.2) is 36.5 Å². The lowest BCUT2D eigenvalue weighted by Gasteiger charge is -2.36. The van der Waals surface area contributed by atoms with Crippen molar-refractivity contribution in [2.75, 3.05) is 6.54 Å². The number of nitro groups is 1. The standard InChI is InChI=1S/C17H18N4O5/c1-11-5-6-12(17(23)24)10-19(11)16(22)15-7-8-20(18-15)13-3-2-4-14(9-13)21(25)26/h2-4,7-9,11-12H,5-6,10H2,1H3,(H,23,24). The van der Waals surface area contributed by atoms with Crippen LogP contribution in [0.25, 0.3) is 5.69 Å². The lowest BCUT2D eigenvalue weighted by Crippen LogP contribution is -2.47. The van der Waals surface area contributed by atoms with Crippen LogP contribution in [0, 0.1) is 16.0 Å². The van der Waals surface area contributed by atoms with E-state index >= 15 is 0 Å². The van der Waals surface area contributed by atoms with Gasteiger partial charge in [0.2, 0.25) is 0 Å². The molecule has 0 spiro atoms. The second kappa shape index (κ2) is 6.95. The molecule has 1 N–H and O–H groups in total. The molecule has 1 aliphatic heterocycles. The summed E-state index contributed by atoms with van der Waals surface area (Å²) < 4.78 is 1.39. The molecule has 1 aliphatic rings. The largest absolute Gasteiger partial charge is 0.481 e. The molecule has 0 saturated carbocycles. The van der Waals surface area contributed by atoms with Crippen molar-refractivity contribution < 1.29 is 19.6 Å². The molecule has 9 heteroatoms. The van der Waals surface area contributed by atoms with E-state index in [2.05, 4.69) is 5.10 Å². The van der Waals surface area contributed by atoms with Crippen molar-refractivity contribution in [2.45, 2.75) is 25.8 Å². The van der Waals surface area contributed by atoms with E-state index in [1.807, 2.05) is 6.92 Å². The van der Waals surface area contributed by atoms with Gasteiger partial charge in [0.15, 0.2) is 5.69 Å². The van der Waals surface area contributed by atoms with E-state index < -0.39 is 16.8 Å². The molecule has 1 amide bonds. The SMILES string of the molecule is CC1CCC(C(=O)O)CN1C(=O)c1ccn(-c2cccc([N+](=O)[O-])c2)n1. The molecular formula is C17H18N4O5. The van der Waals surface area contributed by atoms with E-state index in [1.165, 1.54) is 27.8 Å². The Morgan fingerprint density at radius 2 is 2.08 bits per heavy atom. The van der Waals surface area contributed by atoms with Gasteiger partial charge in [-0.2, -0.15) is 5.10 Å². The summed E-state index contributed by atoms with van der Waals surface area (Å²) >= 11 is 0. The van der Waals surface area contributed by atoms with Crippen LogP contribution in [0.5, 0.6) is 0 Å². The van der Waals surface area contributed by atoms with Gasteiger partial charge in [-0.15, -0.1) is 0 Å². The molecule has 2 atom stereocenters. The first-order valence-electron chi connectivity index (χ1n) is 8.21. The number of amides is 1. The van der Waals surface area contributed by atoms with Crippen LogP contribution in [0.3, 0.4) is 0 Å². The second-order valence-corrected chi connectivity index (χ2v) is 6.34. The van der Waals surface area contributed by atoms with Crippen LogP contribution in [-0.4, -0.2) is 49.2 Å². The van der Waals surface area contributed by atoms with Gasteiger partial charge in [-0.3, -0.25) is 19.7 Å². The van der Waals surface area contributed by atoms with E-state index in [4.69, 9.17) is 0 Å². The summed E-state index contributed by atoms with van der Waals surface area (Å²) in [6, 6.07) is 7.39. The van der Waals surface area contributed by atoms with Gasteiger partial charge < -0.3 is 10.0 Å². The summed E-state index contributed by atoms with van der Waals surface area (Å²) in [7, 11) is 0. The average Bonchev–Trinajstić information content (AvgIpc) is 3.11. The van der Waals surface area contributed by atoms with Crippen molar-refractivity contribution in [3.8, 4) is 5.69 Å². The number of piperidine rings is 1. The highest BCUT2D eigenvalue weighted by Gasteiger charge is 2.33. The molecule has 2 aromatic rings. The van der Waals surface area contributed by atoms with Gasteiger partial charge >= 0.3 is 5.97 Å². The smallest absolute Gasteiger partial charge is 0.308 e. The molecule has 0 bridgehead atoms. The van der Waals surface area contributed by atoms with Crippen LogP contribution >= 0.6 is 0 Å². The van der Waals surface area contributed by atoms with Gasteiger partial charge in [0.25, 0.3) is 11.6 Å². The molecule has 0 radical (unpaired) electrons. The van der Waals surface area contributed by atoms with Gasteiger partial charge in [-0.1, -0.05) is 6.07 Å². The third kappa shape index (κ3) is 3.41. The monoisotopic (exact) mass is 358 g/mol. The molecule has 2 unspecified atom stereocenters. The highest BCUT2D eigenvalue weighted by atomic mass is 16.6. The first-order valence-corrected chi connectivity index (χ1v) is 8.21. The Balaban J connectivity index is 1.82. The predicted octanol–water partition coefficient (Wildman–Crippen LogP) is 2.11. The summed E-state index contributed by atoms with van der Waals surface area (Å²) in [6.07, 6.45) is 2.71. The molecule has 1 fully saturated rings. The molecule has 1 aromatic heterocycles. The van der Waals surface area contributed by atoms with Crippen LogP contribution in [-0.2, 0) is 4.79 Å². The number of hydrogen-bond donors (Lipinski definition) is 1. The molecular weight excluding hydrogens is 340 g/mol. The Hall–Kier alpha value is -3.23. The van der Waals surface area contributed by atoms with E-state index in [0.717, 1.165) is 0 Å². The summed E-state index contributed by atoms with van der Waals surface area (Å²) in [5, 5.41) is 24.3. The fraction of sp³-hybridized carbons (Fsp3) is 0.353. The number of nitro benzene ring substituents is 1. The second-order valence-electron chi connectivity index (χ2n) is 6.34. The van der Waals surface area contributed by atoms with Crippen LogP contribution < -0.4 is 0 Å². The number of non-ortho nitro benzene ring substituents is 1. The zero-order valence-corrected chi connectivity index (χ0v) is 14.1. The first-order chi connectivity index (χ1) is 12.4.